The first-order valence-electron chi connectivity index (χ1n) is 8.60. The van der Waals surface area contributed by atoms with Crippen LogP contribution >= 0.6 is 0 Å². The van der Waals surface area contributed by atoms with Gasteiger partial charge >= 0.3 is 0 Å². The normalized spacial score (nSPS) is 18.3. The van der Waals surface area contributed by atoms with Crippen molar-refractivity contribution in [1.29, 1.82) is 0 Å². The van der Waals surface area contributed by atoms with Gasteiger partial charge in [0, 0.05) is 31.2 Å². The lowest BCUT2D eigenvalue weighted by Crippen LogP contribution is -2.33. The predicted molar refractivity (Wildman–Crippen MR) is 94.5 cm³/mol. The first-order chi connectivity index (χ1) is 10.8. The summed E-state index contributed by atoms with van der Waals surface area (Å²) in [6.07, 6.45) is 2.12. The number of aliphatic hydroxyl groups is 1. The van der Waals surface area contributed by atoms with Crippen LogP contribution in [0.25, 0.3) is 0 Å². The van der Waals surface area contributed by atoms with E-state index in [0.29, 0.717) is 6.42 Å². The van der Waals surface area contributed by atoms with Crippen molar-refractivity contribution in [3.63, 3.8) is 0 Å². The van der Waals surface area contributed by atoms with E-state index in [1.165, 1.54) is 5.56 Å². The molecule has 1 aliphatic rings. The van der Waals surface area contributed by atoms with Gasteiger partial charge in [0.15, 0.2) is 0 Å². The molecule has 4 heteroatoms. The van der Waals surface area contributed by atoms with Gasteiger partial charge in [0.2, 0.25) is 5.91 Å². The molecule has 1 fully saturated rings. The number of amides is 1. The van der Waals surface area contributed by atoms with Crippen molar-refractivity contribution in [3.05, 3.63) is 29.8 Å². The summed E-state index contributed by atoms with van der Waals surface area (Å²) in [4.78, 5) is 13.7. The second-order valence-corrected chi connectivity index (χ2v) is 7.56. The Morgan fingerprint density at radius 1 is 1.26 bits per heavy atom. The van der Waals surface area contributed by atoms with Crippen molar-refractivity contribution in [3.8, 4) is 0 Å². The van der Waals surface area contributed by atoms with E-state index in [-0.39, 0.29) is 23.5 Å². The molecule has 0 saturated carbocycles. The van der Waals surface area contributed by atoms with Gasteiger partial charge in [0.25, 0.3) is 0 Å². The number of nitrogens with one attached hydrogen (secondary N) is 1. The van der Waals surface area contributed by atoms with E-state index in [4.69, 9.17) is 0 Å². The van der Waals surface area contributed by atoms with Crippen molar-refractivity contribution < 1.29 is 9.90 Å². The van der Waals surface area contributed by atoms with Gasteiger partial charge in [-0.3, -0.25) is 4.79 Å². The smallest absolute Gasteiger partial charge is 0.227 e. The molecule has 1 amide bonds. The van der Waals surface area contributed by atoms with E-state index in [0.717, 1.165) is 31.6 Å². The van der Waals surface area contributed by atoms with E-state index < -0.39 is 0 Å². The summed E-state index contributed by atoms with van der Waals surface area (Å²) in [5.41, 5.74) is 2.27. The average molecular weight is 318 g/mol. The molecule has 2 atom stereocenters. The largest absolute Gasteiger partial charge is 0.393 e. The minimum absolute atomic E-state index is 0.0599. The lowest BCUT2D eigenvalue weighted by molar-refractivity contribution is -0.117. The zero-order chi connectivity index (χ0) is 17.0. The summed E-state index contributed by atoms with van der Waals surface area (Å²) in [7, 11) is 0. The minimum atomic E-state index is -0.278. The number of carbonyl (C=O) groups excluding carboxylic acids is 1. The monoisotopic (exact) mass is 318 g/mol. The highest BCUT2D eigenvalue weighted by Crippen LogP contribution is 2.25. The molecule has 0 aliphatic carbocycles. The van der Waals surface area contributed by atoms with Crippen LogP contribution in [0.2, 0.25) is 0 Å². The molecule has 2 unspecified atom stereocenters. The van der Waals surface area contributed by atoms with E-state index >= 15 is 0 Å². The lowest BCUT2D eigenvalue weighted by atomic mass is 9.86. The van der Waals surface area contributed by atoms with Crippen LogP contribution in [-0.2, 0) is 4.79 Å². The second-order valence-electron chi connectivity index (χ2n) is 7.56. The number of aliphatic hydroxyl groups excluding tert-OH is 1. The Kier molecular flexibility index (Phi) is 5.82. The third kappa shape index (κ3) is 5.05. The Bertz CT molecular complexity index is 523. The quantitative estimate of drug-likeness (QED) is 0.811. The number of hydrogen-bond acceptors (Lipinski definition) is 3. The molecule has 0 aromatic heterocycles. The van der Waals surface area contributed by atoms with E-state index in [1.54, 1.807) is 0 Å². The van der Waals surface area contributed by atoms with Crippen molar-refractivity contribution in [2.75, 3.05) is 18.0 Å². The highest BCUT2D eigenvalue weighted by atomic mass is 16.3. The zero-order valence-electron chi connectivity index (χ0n) is 14.8. The summed E-state index contributed by atoms with van der Waals surface area (Å²) in [6, 6.07) is 8.52. The van der Waals surface area contributed by atoms with E-state index in [2.05, 4.69) is 38.2 Å². The Hall–Kier alpha value is -1.39. The van der Waals surface area contributed by atoms with Gasteiger partial charge in [-0.15, -0.1) is 0 Å². The van der Waals surface area contributed by atoms with Gasteiger partial charge in [-0.1, -0.05) is 26.0 Å². The molecule has 2 rings (SSSR count). The second kappa shape index (κ2) is 7.45. The highest BCUT2D eigenvalue weighted by Gasteiger charge is 2.23. The lowest BCUT2D eigenvalue weighted by Gasteiger charge is -2.28. The first kappa shape index (κ1) is 18.0. The molecule has 4 nitrogen and oxygen atoms in total. The fraction of sp³-hybridized carbons (Fsp3) is 0.632. The highest BCUT2D eigenvalue weighted by molar-refractivity contribution is 5.95. The predicted octanol–water partition coefficient (Wildman–Crippen LogP) is 3.26. The van der Waals surface area contributed by atoms with Crippen LogP contribution in [0.3, 0.4) is 0 Å². The zero-order valence-corrected chi connectivity index (χ0v) is 14.8. The minimum Gasteiger partial charge on any atom is -0.393 e. The molecule has 2 N–H and O–H groups in total. The average Bonchev–Trinajstić information content (AvgIpc) is 2.90. The van der Waals surface area contributed by atoms with Crippen LogP contribution in [0, 0.1) is 5.41 Å². The molecule has 23 heavy (non-hydrogen) atoms. The molecule has 0 radical (unpaired) electrons. The third-order valence-electron chi connectivity index (χ3n) is 4.51. The molecule has 128 valence electrons. The van der Waals surface area contributed by atoms with Crippen molar-refractivity contribution in [2.45, 2.75) is 59.1 Å². The standard InChI is InChI=1S/C19H30N2O2/c1-14(22)12-19(3,4)13-20-15(2)16-7-9-17(10-8-16)21-11-5-6-18(21)23/h7-10,14-15,20,22H,5-6,11-13H2,1-4H3. The molecule has 1 aromatic rings. The maximum Gasteiger partial charge on any atom is 0.227 e. The maximum atomic E-state index is 11.8. The summed E-state index contributed by atoms with van der Waals surface area (Å²) in [6.45, 7) is 10.0. The Morgan fingerprint density at radius 3 is 2.43 bits per heavy atom. The van der Waals surface area contributed by atoms with Gasteiger partial charge in [-0.2, -0.15) is 0 Å². The molecule has 0 bridgehead atoms. The van der Waals surface area contributed by atoms with E-state index in [1.807, 2.05) is 24.0 Å². The first-order valence-corrected chi connectivity index (χ1v) is 8.60. The fourth-order valence-corrected chi connectivity index (χ4v) is 3.28. The Balaban J connectivity index is 1.92. The van der Waals surface area contributed by atoms with Crippen LogP contribution in [0.1, 0.15) is 58.6 Å². The SMILES string of the molecule is CC(O)CC(C)(C)CNC(C)c1ccc(N2CCCC2=O)cc1. The molecule has 1 aromatic carbocycles. The summed E-state index contributed by atoms with van der Waals surface area (Å²) < 4.78 is 0. The van der Waals surface area contributed by atoms with Crippen LogP contribution in [0.4, 0.5) is 5.69 Å². The molecular formula is C19H30N2O2. The maximum absolute atomic E-state index is 11.8. The number of hydrogen-bond donors (Lipinski definition) is 2. The number of benzene rings is 1. The number of anilines is 1. The number of rotatable bonds is 7. The summed E-state index contributed by atoms with van der Waals surface area (Å²) >= 11 is 0. The van der Waals surface area contributed by atoms with Crippen LogP contribution < -0.4 is 10.2 Å². The van der Waals surface area contributed by atoms with Crippen molar-refractivity contribution in [2.24, 2.45) is 5.41 Å². The van der Waals surface area contributed by atoms with Gasteiger partial charge < -0.3 is 15.3 Å². The molecular weight excluding hydrogens is 288 g/mol. The van der Waals surface area contributed by atoms with Crippen LogP contribution in [0.5, 0.6) is 0 Å². The van der Waals surface area contributed by atoms with Crippen LogP contribution in [-0.4, -0.2) is 30.2 Å². The number of carbonyl (C=O) groups is 1. The van der Waals surface area contributed by atoms with Gasteiger partial charge in [-0.05, 0) is 49.8 Å². The summed E-state index contributed by atoms with van der Waals surface area (Å²) in [5.74, 6) is 0.226. The Labute approximate surface area is 139 Å². The summed E-state index contributed by atoms with van der Waals surface area (Å²) in [5, 5.41) is 13.1. The van der Waals surface area contributed by atoms with Crippen molar-refractivity contribution in [1.82, 2.24) is 5.32 Å². The third-order valence-corrected chi connectivity index (χ3v) is 4.51. The molecule has 0 spiro atoms. The fourth-order valence-electron chi connectivity index (χ4n) is 3.28. The van der Waals surface area contributed by atoms with Gasteiger partial charge in [0.05, 0.1) is 6.10 Å². The molecule has 1 saturated heterocycles. The Morgan fingerprint density at radius 2 is 1.91 bits per heavy atom. The molecule has 1 aliphatic heterocycles. The van der Waals surface area contributed by atoms with Crippen LogP contribution in [0.15, 0.2) is 24.3 Å². The number of nitrogens with zero attached hydrogens (tertiary/aromatic N) is 1. The van der Waals surface area contributed by atoms with E-state index in [9.17, 15) is 9.90 Å². The van der Waals surface area contributed by atoms with Gasteiger partial charge in [-0.25, -0.2) is 0 Å². The topological polar surface area (TPSA) is 52.6 Å². The van der Waals surface area contributed by atoms with Crippen molar-refractivity contribution >= 4 is 11.6 Å². The van der Waals surface area contributed by atoms with Gasteiger partial charge in [0.1, 0.15) is 0 Å². The molecule has 1 heterocycles.